The summed E-state index contributed by atoms with van der Waals surface area (Å²) < 4.78 is 20.2. The average Bonchev–Trinajstić information content (AvgIpc) is 3.46. The molecule has 8 heteroatoms. The van der Waals surface area contributed by atoms with Crippen LogP contribution in [0.4, 0.5) is 4.39 Å². The summed E-state index contributed by atoms with van der Waals surface area (Å²) in [6.45, 7) is -0.00746. The van der Waals surface area contributed by atoms with E-state index in [0.717, 1.165) is 5.56 Å². The quantitative estimate of drug-likeness (QED) is 0.502. The fourth-order valence-corrected chi connectivity index (χ4v) is 3.56. The maximum absolute atomic E-state index is 13.1. The number of nitrogens with zero attached hydrogens (tertiary/aromatic N) is 2. The van der Waals surface area contributed by atoms with Gasteiger partial charge in [-0.2, -0.15) is 16.4 Å². The smallest absolute Gasteiger partial charge is 0.269 e. The highest BCUT2D eigenvalue weighted by Crippen LogP contribution is 2.27. The number of hydrogen-bond donors (Lipinski definition) is 2. The highest BCUT2D eigenvalue weighted by Gasteiger charge is 2.18. The Hall–Kier alpha value is -3.23. The largest absolute Gasteiger partial charge is 0.458 e. The molecule has 0 bridgehead atoms. The third-order valence-electron chi connectivity index (χ3n) is 4.47. The number of aromatic nitrogens is 2. The van der Waals surface area contributed by atoms with E-state index >= 15 is 0 Å². The Labute approximate surface area is 170 Å². The molecule has 0 aliphatic carbocycles. The number of aliphatic hydroxyl groups excluding tert-OH is 1. The van der Waals surface area contributed by atoms with Crippen molar-refractivity contribution in [2.45, 2.75) is 6.10 Å². The fourth-order valence-electron chi connectivity index (χ4n) is 2.91. The van der Waals surface area contributed by atoms with Crippen molar-refractivity contribution in [2.75, 3.05) is 6.54 Å². The van der Waals surface area contributed by atoms with E-state index in [4.69, 9.17) is 4.42 Å². The topological polar surface area (TPSA) is 80.3 Å². The second-order valence-corrected chi connectivity index (χ2v) is 7.27. The van der Waals surface area contributed by atoms with Crippen molar-refractivity contribution in [2.24, 2.45) is 7.05 Å². The first-order valence-corrected chi connectivity index (χ1v) is 9.84. The van der Waals surface area contributed by atoms with E-state index in [9.17, 15) is 14.3 Å². The number of aryl methyl sites for hydroxylation is 1. The Morgan fingerprint density at radius 1 is 1.24 bits per heavy atom. The number of thiophene rings is 1. The number of carbonyl (C=O) groups excluding carboxylic acids is 1. The van der Waals surface area contributed by atoms with Crippen LogP contribution in [0.1, 0.15) is 22.4 Å². The molecule has 1 atom stereocenters. The second kappa shape index (κ2) is 8.02. The van der Waals surface area contributed by atoms with E-state index in [1.54, 1.807) is 48.7 Å². The summed E-state index contributed by atoms with van der Waals surface area (Å²) in [7, 11) is 1.65. The van der Waals surface area contributed by atoms with Gasteiger partial charge in [-0.15, -0.1) is 0 Å². The lowest BCUT2D eigenvalue weighted by Gasteiger charge is -2.09. The number of nitrogens with one attached hydrogen (secondary N) is 1. The summed E-state index contributed by atoms with van der Waals surface area (Å²) in [5.74, 6) is 0.333. The molecule has 0 aliphatic heterocycles. The summed E-state index contributed by atoms with van der Waals surface area (Å²) in [5, 5.41) is 21.2. The van der Waals surface area contributed by atoms with E-state index in [0.29, 0.717) is 28.5 Å². The molecule has 4 rings (SSSR count). The third-order valence-corrected chi connectivity index (χ3v) is 5.15. The number of halogens is 1. The summed E-state index contributed by atoms with van der Waals surface area (Å²) in [5.41, 5.74) is 2.54. The van der Waals surface area contributed by atoms with Crippen LogP contribution < -0.4 is 5.32 Å². The van der Waals surface area contributed by atoms with Gasteiger partial charge in [0.05, 0.1) is 12.2 Å². The molecule has 1 aromatic carbocycles. The third kappa shape index (κ3) is 4.13. The number of rotatable bonds is 6. The van der Waals surface area contributed by atoms with Gasteiger partial charge in [0.1, 0.15) is 29.1 Å². The lowest BCUT2D eigenvalue weighted by molar-refractivity contribution is 0.0892. The molecule has 3 aromatic heterocycles. The van der Waals surface area contributed by atoms with E-state index in [1.165, 1.54) is 16.8 Å². The molecular formula is C21H18FN3O3S. The molecule has 6 nitrogen and oxygen atoms in total. The van der Waals surface area contributed by atoms with Crippen molar-refractivity contribution in [3.63, 3.8) is 0 Å². The highest BCUT2D eigenvalue weighted by molar-refractivity contribution is 7.08. The van der Waals surface area contributed by atoms with Crippen LogP contribution in [0.2, 0.25) is 0 Å². The van der Waals surface area contributed by atoms with E-state index in [-0.39, 0.29) is 18.3 Å². The van der Waals surface area contributed by atoms with Gasteiger partial charge in [-0.05, 0) is 53.9 Å². The number of carbonyl (C=O) groups is 1. The van der Waals surface area contributed by atoms with Crippen LogP contribution in [0.5, 0.6) is 0 Å². The van der Waals surface area contributed by atoms with E-state index in [1.807, 2.05) is 16.8 Å². The zero-order chi connectivity index (χ0) is 20.4. The van der Waals surface area contributed by atoms with Gasteiger partial charge in [-0.1, -0.05) is 0 Å². The van der Waals surface area contributed by atoms with Crippen molar-refractivity contribution in [3.05, 3.63) is 76.6 Å². The Balaban J connectivity index is 1.41. The van der Waals surface area contributed by atoms with Gasteiger partial charge < -0.3 is 14.8 Å². The molecule has 29 heavy (non-hydrogen) atoms. The Kier molecular flexibility index (Phi) is 5.28. The predicted octanol–water partition coefficient (Wildman–Crippen LogP) is 4.01. The van der Waals surface area contributed by atoms with Crippen molar-refractivity contribution < 1.29 is 18.7 Å². The minimum absolute atomic E-state index is 0.00746. The summed E-state index contributed by atoms with van der Waals surface area (Å²) in [6, 6.07) is 12.9. The first-order valence-electron chi connectivity index (χ1n) is 8.90. The van der Waals surface area contributed by atoms with Crippen molar-refractivity contribution in [1.82, 2.24) is 15.1 Å². The van der Waals surface area contributed by atoms with Crippen molar-refractivity contribution in [1.29, 1.82) is 0 Å². The Morgan fingerprint density at radius 3 is 2.76 bits per heavy atom. The Bertz CT molecular complexity index is 1120. The molecule has 0 unspecified atom stereocenters. The molecular weight excluding hydrogens is 393 g/mol. The summed E-state index contributed by atoms with van der Waals surface area (Å²) >= 11 is 1.56. The Morgan fingerprint density at radius 2 is 2.03 bits per heavy atom. The predicted molar refractivity (Wildman–Crippen MR) is 108 cm³/mol. The SMILES string of the molecule is Cn1nc(-c2ccc(F)cc2)cc1C(=O)NC[C@H](O)c1ccc(-c2ccsc2)o1. The van der Waals surface area contributed by atoms with Crippen LogP contribution in [0, 0.1) is 5.82 Å². The fraction of sp³-hybridized carbons (Fsp3) is 0.143. The number of benzene rings is 1. The van der Waals surface area contributed by atoms with Crippen LogP contribution in [-0.4, -0.2) is 27.3 Å². The number of hydrogen-bond acceptors (Lipinski definition) is 5. The molecule has 2 N–H and O–H groups in total. The molecule has 4 aromatic rings. The molecule has 148 valence electrons. The zero-order valence-corrected chi connectivity index (χ0v) is 16.3. The lowest BCUT2D eigenvalue weighted by atomic mass is 10.1. The maximum Gasteiger partial charge on any atom is 0.269 e. The molecule has 1 amide bonds. The lowest BCUT2D eigenvalue weighted by Crippen LogP contribution is -2.29. The van der Waals surface area contributed by atoms with E-state index < -0.39 is 6.10 Å². The van der Waals surface area contributed by atoms with E-state index in [2.05, 4.69) is 10.4 Å². The normalized spacial score (nSPS) is 12.1. The molecule has 0 saturated carbocycles. The van der Waals surface area contributed by atoms with Gasteiger partial charge in [-0.25, -0.2) is 4.39 Å². The van der Waals surface area contributed by atoms with Crippen LogP contribution in [0.3, 0.4) is 0 Å². The molecule has 3 heterocycles. The summed E-state index contributed by atoms with van der Waals surface area (Å²) in [6.07, 6.45) is -0.976. The average molecular weight is 411 g/mol. The van der Waals surface area contributed by atoms with Crippen molar-refractivity contribution in [3.8, 4) is 22.6 Å². The van der Waals surface area contributed by atoms with Gasteiger partial charge in [0.15, 0.2) is 0 Å². The minimum atomic E-state index is -0.976. The number of amides is 1. The highest BCUT2D eigenvalue weighted by atomic mass is 32.1. The van der Waals surface area contributed by atoms with Crippen LogP contribution in [0.15, 0.2) is 63.7 Å². The maximum atomic E-state index is 13.1. The van der Waals surface area contributed by atoms with Gasteiger partial charge >= 0.3 is 0 Å². The van der Waals surface area contributed by atoms with Crippen LogP contribution in [0.25, 0.3) is 22.6 Å². The molecule has 0 saturated heterocycles. The standard InChI is InChI=1S/C21H18FN3O3S/c1-25-17(10-16(24-25)13-2-4-15(22)5-3-13)21(27)23-11-18(26)20-7-6-19(28-20)14-8-9-29-12-14/h2-10,12,18,26H,11H2,1H3,(H,23,27)/t18-/m0/s1. The zero-order valence-electron chi connectivity index (χ0n) is 15.5. The molecule has 0 radical (unpaired) electrons. The van der Waals surface area contributed by atoms with Crippen LogP contribution >= 0.6 is 11.3 Å². The molecule has 0 fully saturated rings. The number of aliphatic hydroxyl groups is 1. The minimum Gasteiger partial charge on any atom is -0.458 e. The number of furan rings is 1. The van der Waals surface area contributed by atoms with Gasteiger partial charge in [-0.3, -0.25) is 9.48 Å². The molecule has 0 spiro atoms. The van der Waals surface area contributed by atoms with Crippen molar-refractivity contribution >= 4 is 17.2 Å². The monoisotopic (exact) mass is 411 g/mol. The van der Waals surface area contributed by atoms with Gasteiger partial charge in [0.25, 0.3) is 5.91 Å². The van der Waals surface area contributed by atoms with Gasteiger partial charge in [0.2, 0.25) is 0 Å². The first-order chi connectivity index (χ1) is 14.0. The van der Waals surface area contributed by atoms with Crippen LogP contribution in [-0.2, 0) is 7.05 Å². The summed E-state index contributed by atoms with van der Waals surface area (Å²) in [4.78, 5) is 12.5. The second-order valence-electron chi connectivity index (χ2n) is 6.49. The molecule has 0 aliphatic rings. The first kappa shape index (κ1) is 19.1. The van der Waals surface area contributed by atoms with Gasteiger partial charge in [0, 0.05) is 23.6 Å².